The molecule has 7 rings (SSSR count). The Balaban J connectivity index is 1.31. The zero-order valence-corrected chi connectivity index (χ0v) is 24.7. The van der Waals surface area contributed by atoms with E-state index in [4.69, 9.17) is 23.7 Å². The number of esters is 3. The lowest BCUT2D eigenvalue weighted by Crippen LogP contribution is -2.66. The highest BCUT2D eigenvalue weighted by Crippen LogP contribution is 2.73. The van der Waals surface area contributed by atoms with Crippen LogP contribution in [-0.2, 0) is 38.1 Å². The molecule has 2 N–H and O–H groups in total. The summed E-state index contributed by atoms with van der Waals surface area (Å²) in [6.45, 7) is 11.3. The minimum atomic E-state index is -1.40. The molecule has 4 aliphatic heterocycles. The summed E-state index contributed by atoms with van der Waals surface area (Å²) in [6.07, 6.45) is 1.06. The Hall–Kier alpha value is -2.01. The summed E-state index contributed by atoms with van der Waals surface area (Å²) >= 11 is 0. The van der Waals surface area contributed by atoms with E-state index in [0.717, 1.165) is 0 Å². The van der Waals surface area contributed by atoms with Crippen molar-refractivity contribution in [1.29, 1.82) is 0 Å². The van der Waals surface area contributed by atoms with Gasteiger partial charge in [0.25, 0.3) is 0 Å². The Morgan fingerprint density at radius 1 is 1.10 bits per heavy atom. The zero-order chi connectivity index (χ0) is 29.5. The van der Waals surface area contributed by atoms with Crippen LogP contribution in [0.5, 0.6) is 0 Å². The number of fused-ring (bicyclic) bond motifs is 2. The van der Waals surface area contributed by atoms with Crippen molar-refractivity contribution in [2.24, 2.45) is 29.1 Å². The molecule has 13 unspecified atom stereocenters. The fraction of sp³-hybridized carbons (Fsp3) is 0.839. The number of aliphatic hydroxyl groups is 2. The predicted octanol–water partition coefficient (Wildman–Crippen LogP) is 2.36. The zero-order valence-electron chi connectivity index (χ0n) is 24.7. The summed E-state index contributed by atoms with van der Waals surface area (Å²) in [5.41, 5.74) is -4.01. The first kappa shape index (κ1) is 27.8. The second kappa shape index (κ2) is 8.33. The van der Waals surface area contributed by atoms with Crippen LogP contribution in [0, 0.1) is 29.1 Å². The number of ether oxygens (including phenoxy) is 5. The standard InChI is InChI=1S/C31H42O10/c1-14-11-18(38-25(14)34)23-15(2)17-12-21(37-16(3)32)28(6)20-8-7-19-27(4,5)40-24-22(33)26(35)41-30(19,24)13-29(20,36)9-10-31(17,28)39-23/h11,15,17-24,33,36H,7-10,12-13H2,1-6H3. The van der Waals surface area contributed by atoms with E-state index >= 15 is 0 Å². The fourth-order valence-corrected chi connectivity index (χ4v) is 11.0. The Morgan fingerprint density at radius 3 is 2.46 bits per heavy atom. The largest absolute Gasteiger partial charge is 0.462 e. The minimum absolute atomic E-state index is 0.0208. The van der Waals surface area contributed by atoms with Crippen LogP contribution < -0.4 is 0 Å². The van der Waals surface area contributed by atoms with Gasteiger partial charge in [0.05, 0.1) is 16.8 Å². The maximum absolute atomic E-state index is 12.7. The molecule has 13 atom stereocenters. The van der Waals surface area contributed by atoms with Gasteiger partial charge in [0.15, 0.2) is 6.10 Å². The highest BCUT2D eigenvalue weighted by atomic mass is 16.6. The fourth-order valence-electron chi connectivity index (χ4n) is 11.0. The van der Waals surface area contributed by atoms with Crippen LogP contribution in [0.15, 0.2) is 11.6 Å². The molecule has 0 radical (unpaired) electrons. The van der Waals surface area contributed by atoms with Gasteiger partial charge in [-0.25, -0.2) is 9.59 Å². The number of carbonyl (C=O) groups is 3. The van der Waals surface area contributed by atoms with Gasteiger partial charge in [-0.15, -0.1) is 0 Å². The van der Waals surface area contributed by atoms with Gasteiger partial charge in [-0.05, 0) is 76.7 Å². The molecule has 3 saturated heterocycles. The number of carbonyl (C=O) groups excluding carboxylic acids is 3. The van der Waals surface area contributed by atoms with Crippen molar-refractivity contribution >= 4 is 17.9 Å². The summed E-state index contributed by atoms with van der Waals surface area (Å²) in [7, 11) is 0. The van der Waals surface area contributed by atoms with Crippen molar-refractivity contribution in [2.45, 2.75) is 133 Å². The number of hydrogen-bond acceptors (Lipinski definition) is 10. The van der Waals surface area contributed by atoms with E-state index < -0.39 is 58.2 Å². The van der Waals surface area contributed by atoms with Crippen LogP contribution >= 0.6 is 0 Å². The first-order valence-electron chi connectivity index (χ1n) is 15.2. The van der Waals surface area contributed by atoms with Crippen molar-refractivity contribution in [3.05, 3.63) is 11.6 Å². The van der Waals surface area contributed by atoms with E-state index in [1.54, 1.807) is 6.92 Å². The molecule has 3 aliphatic carbocycles. The van der Waals surface area contributed by atoms with Crippen LogP contribution in [0.2, 0.25) is 0 Å². The maximum Gasteiger partial charge on any atom is 0.338 e. The van der Waals surface area contributed by atoms with Crippen LogP contribution in [-0.4, -0.2) is 81.0 Å². The third kappa shape index (κ3) is 3.31. The topological polar surface area (TPSA) is 138 Å². The number of hydrogen-bond donors (Lipinski definition) is 2. The molecule has 41 heavy (non-hydrogen) atoms. The van der Waals surface area contributed by atoms with E-state index in [0.29, 0.717) is 37.7 Å². The Morgan fingerprint density at radius 2 is 1.80 bits per heavy atom. The van der Waals surface area contributed by atoms with E-state index in [1.165, 1.54) is 6.92 Å². The first-order valence-corrected chi connectivity index (χ1v) is 15.2. The molecule has 226 valence electrons. The minimum Gasteiger partial charge on any atom is -0.462 e. The lowest BCUT2D eigenvalue weighted by molar-refractivity contribution is -0.255. The van der Waals surface area contributed by atoms with Gasteiger partial charge in [-0.3, -0.25) is 4.79 Å². The molecule has 0 aromatic rings. The predicted molar refractivity (Wildman–Crippen MR) is 141 cm³/mol. The molecule has 4 heterocycles. The summed E-state index contributed by atoms with van der Waals surface area (Å²) < 4.78 is 31.2. The summed E-state index contributed by atoms with van der Waals surface area (Å²) in [5, 5.41) is 23.5. The number of cyclic esters (lactones) is 1. The molecule has 6 fully saturated rings. The van der Waals surface area contributed by atoms with Crippen LogP contribution in [0.4, 0.5) is 0 Å². The van der Waals surface area contributed by atoms with Gasteiger partial charge in [0, 0.05) is 30.3 Å². The van der Waals surface area contributed by atoms with Gasteiger partial charge in [0.1, 0.15) is 30.0 Å². The molecule has 0 bridgehead atoms. The molecule has 2 spiro atoms. The normalized spacial score (nSPS) is 54.6. The van der Waals surface area contributed by atoms with Crippen LogP contribution in [0.25, 0.3) is 0 Å². The molecule has 7 aliphatic rings. The molecular formula is C31H42O10. The molecule has 10 nitrogen and oxygen atoms in total. The quantitative estimate of drug-likeness (QED) is 0.373. The smallest absolute Gasteiger partial charge is 0.338 e. The van der Waals surface area contributed by atoms with Gasteiger partial charge in [0.2, 0.25) is 0 Å². The second-order valence-corrected chi connectivity index (χ2v) is 14.7. The average Bonchev–Trinajstić information content (AvgIpc) is 3.52. The van der Waals surface area contributed by atoms with Crippen molar-refractivity contribution in [1.82, 2.24) is 0 Å². The Kier molecular flexibility index (Phi) is 5.65. The first-order chi connectivity index (χ1) is 19.1. The van der Waals surface area contributed by atoms with Crippen molar-refractivity contribution in [3.8, 4) is 0 Å². The molecule has 0 aromatic heterocycles. The van der Waals surface area contributed by atoms with Crippen LogP contribution in [0.3, 0.4) is 0 Å². The van der Waals surface area contributed by atoms with Gasteiger partial charge in [-0.1, -0.05) is 13.8 Å². The van der Waals surface area contributed by atoms with Crippen molar-refractivity contribution < 1.29 is 48.3 Å². The molecule has 0 aromatic carbocycles. The number of rotatable bonds is 2. The highest BCUT2D eigenvalue weighted by molar-refractivity contribution is 5.90. The van der Waals surface area contributed by atoms with Crippen LogP contribution in [0.1, 0.15) is 80.1 Å². The van der Waals surface area contributed by atoms with Gasteiger partial charge >= 0.3 is 17.9 Å². The van der Waals surface area contributed by atoms with E-state index in [-0.39, 0.29) is 48.1 Å². The lowest BCUT2D eigenvalue weighted by Gasteiger charge is -2.59. The molecule has 10 heteroatoms. The molecule has 0 amide bonds. The van der Waals surface area contributed by atoms with Crippen molar-refractivity contribution in [2.75, 3.05) is 0 Å². The third-order valence-corrected chi connectivity index (χ3v) is 12.5. The highest BCUT2D eigenvalue weighted by Gasteiger charge is 2.80. The maximum atomic E-state index is 12.7. The molecule has 3 saturated carbocycles. The summed E-state index contributed by atoms with van der Waals surface area (Å²) in [5.74, 6) is -1.95. The summed E-state index contributed by atoms with van der Waals surface area (Å²) in [6, 6.07) is 0. The van der Waals surface area contributed by atoms with Crippen molar-refractivity contribution in [3.63, 3.8) is 0 Å². The SMILES string of the molecule is CC(=O)OC1CC2C(C)C(C3C=C(C)C(=O)O3)OC23CCC2(O)CC45OC(=O)C(O)C4OC(C)(C)C5CCC2C13C. The molecular weight excluding hydrogens is 532 g/mol. The van der Waals surface area contributed by atoms with E-state index in [1.807, 2.05) is 19.9 Å². The monoisotopic (exact) mass is 574 g/mol. The second-order valence-electron chi connectivity index (χ2n) is 14.7. The van der Waals surface area contributed by atoms with Gasteiger partial charge < -0.3 is 33.9 Å². The lowest BCUT2D eigenvalue weighted by atomic mass is 9.51. The average molecular weight is 575 g/mol. The van der Waals surface area contributed by atoms with E-state index in [2.05, 4.69) is 13.8 Å². The Bertz CT molecular complexity index is 1240. The summed E-state index contributed by atoms with van der Waals surface area (Å²) in [4.78, 5) is 37.4. The van der Waals surface area contributed by atoms with E-state index in [9.17, 15) is 24.6 Å². The van der Waals surface area contributed by atoms with Gasteiger partial charge in [-0.2, -0.15) is 0 Å². The Labute approximate surface area is 240 Å². The number of aliphatic hydroxyl groups excluding tert-OH is 1. The third-order valence-electron chi connectivity index (χ3n) is 12.5.